The van der Waals surface area contributed by atoms with Gasteiger partial charge in [0.15, 0.2) is 0 Å². The molecule has 9 heteroatoms. The van der Waals surface area contributed by atoms with E-state index in [9.17, 15) is 18.0 Å². The monoisotopic (exact) mass is 541 g/mol. The van der Waals surface area contributed by atoms with E-state index in [-0.39, 0.29) is 18.9 Å². The molecule has 0 heterocycles. The Kier molecular flexibility index (Phi) is 9.72. The lowest BCUT2D eigenvalue weighted by atomic mass is 10.0. The summed E-state index contributed by atoms with van der Waals surface area (Å²) in [6.45, 7) is 3.72. The number of halogens is 1. The lowest BCUT2D eigenvalue weighted by Gasteiger charge is -2.33. The molecule has 0 bridgehead atoms. The molecule has 1 N–H and O–H groups in total. The van der Waals surface area contributed by atoms with Crippen molar-refractivity contribution in [3.8, 4) is 0 Å². The molecule has 0 spiro atoms. The summed E-state index contributed by atoms with van der Waals surface area (Å²) in [6, 6.07) is 22.5. The zero-order valence-electron chi connectivity index (χ0n) is 21.2. The van der Waals surface area contributed by atoms with Gasteiger partial charge in [0.05, 0.1) is 11.9 Å². The van der Waals surface area contributed by atoms with E-state index in [0.29, 0.717) is 17.3 Å². The van der Waals surface area contributed by atoms with Crippen molar-refractivity contribution in [3.05, 3.63) is 101 Å². The molecule has 0 aliphatic heterocycles. The molecule has 2 amide bonds. The van der Waals surface area contributed by atoms with Crippen LogP contribution >= 0.6 is 11.6 Å². The number of amides is 2. The van der Waals surface area contributed by atoms with E-state index in [4.69, 9.17) is 11.6 Å². The maximum Gasteiger partial charge on any atom is 0.244 e. The number of rotatable bonds is 11. The maximum atomic E-state index is 13.9. The van der Waals surface area contributed by atoms with Gasteiger partial charge >= 0.3 is 0 Å². The van der Waals surface area contributed by atoms with Crippen LogP contribution in [0.25, 0.3) is 0 Å². The Bertz CT molecular complexity index is 1310. The number of benzene rings is 3. The minimum atomic E-state index is -3.79. The number of hydrogen-bond donors (Lipinski definition) is 1. The fourth-order valence-corrected chi connectivity index (χ4v) is 5.00. The van der Waals surface area contributed by atoms with Crippen LogP contribution in [-0.2, 0) is 32.6 Å². The summed E-state index contributed by atoms with van der Waals surface area (Å²) in [7, 11) is -3.79. The zero-order chi connectivity index (χ0) is 27.0. The molecule has 37 heavy (non-hydrogen) atoms. The third-order valence-electron chi connectivity index (χ3n) is 5.86. The van der Waals surface area contributed by atoms with Gasteiger partial charge in [-0.25, -0.2) is 8.42 Å². The molecule has 0 aliphatic carbocycles. The van der Waals surface area contributed by atoms with Gasteiger partial charge in [-0.3, -0.25) is 13.9 Å². The second kappa shape index (κ2) is 12.7. The predicted octanol–water partition coefficient (Wildman–Crippen LogP) is 4.19. The van der Waals surface area contributed by atoms with Crippen molar-refractivity contribution >= 4 is 39.1 Å². The highest BCUT2D eigenvalue weighted by molar-refractivity contribution is 7.92. The summed E-state index contributed by atoms with van der Waals surface area (Å²) < 4.78 is 26.6. The van der Waals surface area contributed by atoms with Crippen LogP contribution < -0.4 is 9.62 Å². The van der Waals surface area contributed by atoms with Crippen molar-refractivity contribution in [2.24, 2.45) is 0 Å². The highest BCUT2D eigenvalue weighted by Gasteiger charge is 2.32. The molecular formula is C28H32ClN3O4S. The van der Waals surface area contributed by atoms with Crippen LogP contribution in [0.4, 0.5) is 5.69 Å². The minimum Gasteiger partial charge on any atom is -0.355 e. The van der Waals surface area contributed by atoms with Gasteiger partial charge in [-0.1, -0.05) is 66.2 Å². The summed E-state index contributed by atoms with van der Waals surface area (Å²) in [5.74, 6) is -0.802. The van der Waals surface area contributed by atoms with Crippen LogP contribution in [0.15, 0.2) is 78.9 Å². The van der Waals surface area contributed by atoms with Gasteiger partial charge in [-0.2, -0.15) is 0 Å². The SMILES string of the molecule is CCNC(=O)C(Cc1ccccc1)N(Cc1ccc(Cl)cc1)C(=O)CN(c1cccc(C)c1)S(C)(=O)=O. The molecule has 196 valence electrons. The van der Waals surface area contributed by atoms with Gasteiger partial charge in [-0.15, -0.1) is 0 Å². The first-order valence-electron chi connectivity index (χ1n) is 12.0. The Hall–Kier alpha value is -3.36. The average molecular weight is 542 g/mol. The third-order valence-corrected chi connectivity index (χ3v) is 7.25. The van der Waals surface area contributed by atoms with Gasteiger partial charge in [0.2, 0.25) is 21.8 Å². The summed E-state index contributed by atoms with van der Waals surface area (Å²) in [6.07, 6.45) is 1.34. The summed E-state index contributed by atoms with van der Waals surface area (Å²) in [5, 5.41) is 3.38. The summed E-state index contributed by atoms with van der Waals surface area (Å²) >= 11 is 6.05. The van der Waals surface area contributed by atoms with Crippen molar-refractivity contribution in [3.63, 3.8) is 0 Å². The fraction of sp³-hybridized carbons (Fsp3) is 0.286. The molecule has 0 fully saturated rings. The van der Waals surface area contributed by atoms with Gasteiger partial charge in [0, 0.05) is 24.5 Å². The Morgan fingerprint density at radius 1 is 0.946 bits per heavy atom. The number of anilines is 1. The van der Waals surface area contributed by atoms with Crippen LogP contribution in [0.3, 0.4) is 0 Å². The van der Waals surface area contributed by atoms with Gasteiger partial charge < -0.3 is 10.2 Å². The summed E-state index contributed by atoms with van der Waals surface area (Å²) in [5.41, 5.74) is 2.90. The number of sulfonamides is 1. The van der Waals surface area contributed by atoms with E-state index in [1.54, 1.807) is 42.5 Å². The number of aryl methyl sites for hydroxylation is 1. The molecule has 7 nitrogen and oxygen atoms in total. The molecule has 0 aromatic heterocycles. The number of nitrogens with one attached hydrogen (secondary N) is 1. The van der Waals surface area contributed by atoms with E-state index in [2.05, 4.69) is 5.32 Å². The Balaban J connectivity index is 2.03. The van der Waals surface area contributed by atoms with Crippen LogP contribution in [0.5, 0.6) is 0 Å². The number of carbonyl (C=O) groups excluding carboxylic acids is 2. The van der Waals surface area contributed by atoms with Crippen LogP contribution in [0, 0.1) is 6.92 Å². The van der Waals surface area contributed by atoms with Crippen LogP contribution in [0.1, 0.15) is 23.6 Å². The average Bonchev–Trinajstić information content (AvgIpc) is 2.85. The van der Waals surface area contributed by atoms with Gasteiger partial charge in [0.1, 0.15) is 12.6 Å². The molecule has 1 unspecified atom stereocenters. The van der Waals surface area contributed by atoms with E-state index in [0.717, 1.165) is 27.3 Å². The smallest absolute Gasteiger partial charge is 0.244 e. The molecular weight excluding hydrogens is 510 g/mol. The highest BCUT2D eigenvalue weighted by atomic mass is 35.5. The minimum absolute atomic E-state index is 0.107. The first-order chi connectivity index (χ1) is 17.6. The maximum absolute atomic E-state index is 13.9. The molecule has 1 atom stereocenters. The second-order valence-corrected chi connectivity index (χ2v) is 11.2. The first kappa shape index (κ1) is 28.2. The standard InChI is InChI=1S/C28H32ClN3O4S/c1-4-30-28(34)26(18-22-10-6-5-7-11-22)31(19-23-13-15-24(29)16-14-23)27(33)20-32(37(3,35)36)25-12-8-9-21(2)17-25/h5-17,26H,4,18-20H2,1-3H3,(H,30,34). The number of carbonyl (C=O) groups is 2. The number of likely N-dealkylation sites (N-methyl/N-ethyl adjacent to an activating group) is 1. The van der Waals surface area contributed by atoms with Gasteiger partial charge in [0.25, 0.3) is 0 Å². The van der Waals surface area contributed by atoms with E-state index < -0.39 is 28.5 Å². The van der Waals surface area contributed by atoms with E-state index in [1.165, 1.54) is 4.90 Å². The van der Waals surface area contributed by atoms with Crippen LogP contribution in [-0.4, -0.2) is 50.5 Å². The van der Waals surface area contributed by atoms with Crippen LogP contribution in [0.2, 0.25) is 5.02 Å². The predicted molar refractivity (Wildman–Crippen MR) is 148 cm³/mol. The Labute approximate surface area is 224 Å². The Morgan fingerprint density at radius 3 is 2.22 bits per heavy atom. The molecule has 3 aromatic rings. The topological polar surface area (TPSA) is 86.8 Å². The molecule has 0 aliphatic rings. The van der Waals surface area contributed by atoms with Crippen molar-refractivity contribution in [1.82, 2.24) is 10.2 Å². The quantitative estimate of drug-likeness (QED) is 0.394. The molecule has 3 aromatic carbocycles. The lowest BCUT2D eigenvalue weighted by molar-refractivity contribution is -0.140. The molecule has 0 saturated heterocycles. The normalized spacial score (nSPS) is 12.0. The van der Waals surface area contributed by atoms with Gasteiger partial charge in [-0.05, 0) is 54.8 Å². The number of nitrogens with zero attached hydrogens (tertiary/aromatic N) is 2. The van der Waals surface area contributed by atoms with E-state index >= 15 is 0 Å². The fourth-order valence-electron chi connectivity index (χ4n) is 4.03. The molecule has 0 radical (unpaired) electrons. The second-order valence-electron chi connectivity index (χ2n) is 8.86. The van der Waals surface area contributed by atoms with Crippen molar-refractivity contribution in [2.75, 3.05) is 23.7 Å². The van der Waals surface area contributed by atoms with E-state index in [1.807, 2.05) is 50.2 Å². The third kappa shape index (κ3) is 8.06. The van der Waals surface area contributed by atoms with Crippen molar-refractivity contribution in [2.45, 2.75) is 32.9 Å². The van der Waals surface area contributed by atoms with Crippen molar-refractivity contribution < 1.29 is 18.0 Å². The molecule has 3 rings (SSSR count). The highest BCUT2D eigenvalue weighted by Crippen LogP contribution is 2.21. The lowest BCUT2D eigenvalue weighted by Crippen LogP contribution is -2.53. The Morgan fingerprint density at radius 2 is 1.62 bits per heavy atom. The number of hydrogen-bond acceptors (Lipinski definition) is 4. The summed E-state index contributed by atoms with van der Waals surface area (Å²) in [4.78, 5) is 28.6. The largest absolute Gasteiger partial charge is 0.355 e. The van der Waals surface area contributed by atoms with Crippen molar-refractivity contribution in [1.29, 1.82) is 0 Å². The first-order valence-corrected chi connectivity index (χ1v) is 14.2. The molecule has 0 saturated carbocycles. The zero-order valence-corrected chi connectivity index (χ0v) is 22.8.